The first kappa shape index (κ1) is 17.8. The van der Waals surface area contributed by atoms with E-state index >= 15 is 0 Å². The largest absolute Gasteiger partial charge is 0.454 e. The lowest BCUT2D eigenvalue weighted by Gasteiger charge is -2.18. The maximum Gasteiger partial charge on any atom is 0.231 e. The molecule has 8 nitrogen and oxygen atoms in total. The van der Waals surface area contributed by atoms with Gasteiger partial charge in [-0.15, -0.1) is 0 Å². The molecule has 8 heteroatoms. The summed E-state index contributed by atoms with van der Waals surface area (Å²) in [6.45, 7) is 2.57. The van der Waals surface area contributed by atoms with Crippen LogP contribution in [0.2, 0.25) is 0 Å². The first-order valence-electron chi connectivity index (χ1n) is 9.89. The molecule has 2 amide bonds. The molecular weight excluding hydrogens is 372 g/mol. The number of nitrogens with one attached hydrogen (secondary N) is 1. The van der Waals surface area contributed by atoms with E-state index < -0.39 is 5.92 Å². The Labute approximate surface area is 168 Å². The number of carbonyl (C=O) groups is 2. The van der Waals surface area contributed by atoms with Crippen molar-refractivity contribution in [2.75, 3.05) is 41.5 Å². The van der Waals surface area contributed by atoms with Gasteiger partial charge in [0, 0.05) is 37.8 Å². The second-order valence-electron chi connectivity index (χ2n) is 7.53. The minimum atomic E-state index is -0.411. The molecule has 3 aliphatic heterocycles. The van der Waals surface area contributed by atoms with Crippen molar-refractivity contribution in [3.8, 4) is 11.5 Å². The van der Waals surface area contributed by atoms with Gasteiger partial charge in [0.2, 0.25) is 18.6 Å². The van der Waals surface area contributed by atoms with E-state index in [1.165, 1.54) is 12.8 Å². The average Bonchev–Trinajstić information content (AvgIpc) is 3.48. The van der Waals surface area contributed by atoms with Gasteiger partial charge in [-0.25, -0.2) is 4.98 Å². The van der Waals surface area contributed by atoms with Crippen LogP contribution in [0.15, 0.2) is 36.5 Å². The van der Waals surface area contributed by atoms with Gasteiger partial charge in [-0.3, -0.25) is 9.59 Å². The molecule has 2 aromatic rings. The zero-order chi connectivity index (χ0) is 19.8. The summed E-state index contributed by atoms with van der Waals surface area (Å²) in [5.41, 5.74) is 1.36. The van der Waals surface area contributed by atoms with Crippen molar-refractivity contribution < 1.29 is 19.1 Å². The number of hydrogen-bond acceptors (Lipinski definition) is 6. The number of carbonyl (C=O) groups excluding carboxylic acids is 2. The topological polar surface area (TPSA) is 84.0 Å². The van der Waals surface area contributed by atoms with Gasteiger partial charge in [0.1, 0.15) is 5.82 Å². The summed E-state index contributed by atoms with van der Waals surface area (Å²) in [5, 5.41) is 2.89. The van der Waals surface area contributed by atoms with Gasteiger partial charge in [-0.2, -0.15) is 0 Å². The lowest BCUT2D eigenvalue weighted by atomic mass is 10.1. The Hall–Kier alpha value is -3.29. The molecule has 0 saturated carbocycles. The number of pyridine rings is 1. The number of benzene rings is 1. The summed E-state index contributed by atoms with van der Waals surface area (Å²) < 4.78 is 10.7. The quantitative estimate of drug-likeness (QED) is 0.857. The van der Waals surface area contributed by atoms with Crippen molar-refractivity contribution in [2.24, 2.45) is 5.92 Å². The van der Waals surface area contributed by atoms with E-state index in [1.54, 1.807) is 23.2 Å². The molecule has 0 bridgehead atoms. The summed E-state index contributed by atoms with van der Waals surface area (Å²) in [7, 11) is 0. The van der Waals surface area contributed by atoms with Gasteiger partial charge < -0.3 is 24.6 Å². The zero-order valence-corrected chi connectivity index (χ0v) is 16.0. The highest BCUT2D eigenvalue weighted by Crippen LogP contribution is 2.37. The number of hydrogen-bond donors (Lipinski definition) is 1. The molecule has 1 unspecified atom stereocenters. The van der Waals surface area contributed by atoms with Gasteiger partial charge in [0.05, 0.1) is 17.8 Å². The molecule has 5 rings (SSSR count). The number of amides is 2. The van der Waals surface area contributed by atoms with Crippen LogP contribution in [-0.4, -0.2) is 43.2 Å². The SMILES string of the molecule is O=C(Nc1ccc(N2CCCC2)nc1)C1CC(=O)N(c2ccc3c(c2)OCO3)C1. The smallest absolute Gasteiger partial charge is 0.231 e. The van der Waals surface area contributed by atoms with Crippen LogP contribution < -0.4 is 24.6 Å². The Morgan fingerprint density at radius 1 is 1.10 bits per heavy atom. The summed E-state index contributed by atoms with van der Waals surface area (Å²) in [4.78, 5) is 33.5. The number of rotatable bonds is 4. The van der Waals surface area contributed by atoms with Gasteiger partial charge in [-0.05, 0) is 37.1 Å². The second-order valence-corrected chi connectivity index (χ2v) is 7.53. The van der Waals surface area contributed by atoms with E-state index in [-0.39, 0.29) is 25.0 Å². The first-order valence-corrected chi connectivity index (χ1v) is 9.89. The van der Waals surface area contributed by atoms with E-state index in [0.29, 0.717) is 29.4 Å². The average molecular weight is 394 g/mol. The standard InChI is InChI=1S/C21H22N4O4/c26-20-9-14(12-25(20)16-4-5-17-18(10-16)29-13-28-17)21(27)23-15-3-6-19(22-11-15)24-7-1-2-8-24/h3-6,10-11,14H,1-2,7-9,12-13H2,(H,23,27). The highest BCUT2D eigenvalue weighted by atomic mass is 16.7. The lowest BCUT2D eigenvalue weighted by molar-refractivity contribution is -0.122. The molecule has 3 aliphatic rings. The maximum absolute atomic E-state index is 12.7. The normalized spacial score (nSPS) is 20.4. The summed E-state index contributed by atoms with van der Waals surface area (Å²) in [6.07, 6.45) is 4.24. The van der Waals surface area contributed by atoms with E-state index in [9.17, 15) is 9.59 Å². The minimum Gasteiger partial charge on any atom is -0.454 e. The molecule has 0 aliphatic carbocycles. The minimum absolute atomic E-state index is 0.0773. The zero-order valence-electron chi connectivity index (χ0n) is 16.0. The Morgan fingerprint density at radius 2 is 1.93 bits per heavy atom. The maximum atomic E-state index is 12.7. The predicted molar refractivity (Wildman–Crippen MR) is 107 cm³/mol. The van der Waals surface area contributed by atoms with Crippen LogP contribution in [-0.2, 0) is 9.59 Å². The fraction of sp³-hybridized carbons (Fsp3) is 0.381. The number of nitrogens with zero attached hydrogens (tertiary/aromatic N) is 3. The number of anilines is 3. The van der Waals surface area contributed by atoms with E-state index in [4.69, 9.17) is 9.47 Å². The van der Waals surface area contributed by atoms with Crippen LogP contribution >= 0.6 is 0 Å². The lowest BCUT2D eigenvalue weighted by Crippen LogP contribution is -2.28. The molecule has 1 aromatic carbocycles. The molecule has 29 heavy (non-hydrogen) atoms. The summed E-state index contributed by atoms with van der Waals surface area (Å²) in [6, 6.07) is 9.17. The van der Waals surface area contributed by atoms with Crippen LogP contribution in [0.25, 0.3) is 0 Å². The molecule has 150 valence electrons. The molecular formula is C21H22N4O4. The highest BCUT2D eigenvalue weighted by Gasteiger charge is 2.35. The van der Waals surface area contributed by atoms with Crippen LogP contribution in [0.4, 0.5) is 17.2 Å². The van der Waals surface area contributed by atoms with Crippen molar-refractivity contribution in [1.82, 2.24) is 4.98 Å². The number of ether oxygens (including phenoxy) is 2. The third-order valence-corrected chi connectivity index (χ3v) is 5.61. The molecule has 2 saturated heterocycles. The summed E-state index contributed by atoms with van der Waals surface area (Å²) in [5.74, 6) is 1.56. The molecule has 2 fully saturated rings. The fourth-order valence-electron chi connectivity index (χ4n) is 4.02. The van der Waals surface area contributed by atoms with E-state index in [1.807, 2.05) is 18.2 Å². The first-order chi connectivity index (χ1) is 14.2. The van der Waals surface area contributed by atoms with Crippen LogP contribution in [0, 0.1) is 5.92 Å². The molecule has 0 radical (unpaired) electrons. The van der Waals surface area contributed by atoms with Crippen LogP contribution in [0.5, 0.6) is 11.5 Å². The van der Waals surface area contributed by atoms with Crippen molar-refractivity contribution in [3.05, 3.63) is 36.5 Å². The molecule has 0 spiro atoms. The van der Waals surface area contributed by atoms with Gasteiger partial charge >= 0.3 is 0 Å². The van der Waals surface area contributed by atoms with Crippen molar-refractivity contribution in [1.29, 1.82) is 0 Å². The molecule has 1 aromatic heterocycles. The third-order valence-electron chi connectivity index (χ3n) is 5.61. The molecule has 1 N–H and O–H groups in total. The Balaban J connectivity index is 1.23. The van der Waals surface area contributed by atoms with Gasteiger partial charge in [0.25, 0.3) is 0 Å². The van der Waals surface area contributed by atoms with Crippen molar-refractivity contribution in [3.63, 3.8) is 0 Å². The van der Waals surface area contributed by atoms with Crippen molar-refractivity contribution in [2.45, 2.75) is 19.3 Å². The molecule has 4 heterocycles. The fourth-order valence-corrected chi connectivity index (χ4v) is 4.02. The Kier molecular flexibility index (Phi) is 4.46. The Bertz CT molecular complexity index is 940. The van der Waals surface area contributed by atoms with Crippen LogP contribution in [0.3, 0.4) is 0 Å². The van der Waals surface area contributed by atoms with Crippen molar-refractivity contribution >= 4 is 29.0 Å². The van der Waals surface area contributed by atoms with Gasteiger partial charge in [0.15, 0.2) is 11.5 Å². The van der Waals surface area contributed by atoms with Gasteiger partial charge in [-0.1, -0.05) is 0 Å². The second kappa shape index (κ2) is 7.27. The predicted octanol–water partition coefficient (Wildman–Crippen LogP) is 2.40. The summed E-state index contributed by atoms with van der Waals surface area (Å²) >= 11 is 0. The number of fused-ring (bicyclic) bond motifs is 1. The Morgan fingerprint density at radius 3 is 2.72 bits per heavy atom. The van der Waals surface area contributed by atoms with Crippen LogP contribution in [0.1, 0.15) is 19.3 Å². The third kappa shape index (κ3) is 3.46. The van der Waals surface area contributed by atoms with E-state index in [0.717, 1.165) is 18.9 Å². The monoisotopic (exact) mass is 394 g/mol. The van der Waals surface area contributed by atoms with E-state index in [2.05, 4.69) is 15.2 Å². The highest BCUT2D eigenvalue weighted by molar-refractivity contribution is 6.03. The number of aromatic nitrogens is 1. The molecule has 1 atom stereocenters.